The van der Waals surface area contributed by atoms with Crippen LogP contribution < -0.4 is 5.32 Å². The maximum absolute atomic E-state index is 6.37. The van der Waals surface area contributed by atoms with E-state index in [9.17, 15) is 0 Å². The van der Waals surface area contributed by atoms with E-state index in [4.69, 9.17) is 16.6 Å². The van der Waals surface area contributed by atoms with Crippen molar-refractivity contribution in [3.63, 3.8) is 0 Å². The maximum atomic E-state index is 6.37. The Balaban J connectivity index is 2.01. The zero-order valence-corrected chi connectivity index (χ0v) is 17.1. The number of benzene rings is 1. The maximum Gasteiger partial charge on any atom is 0.0740 e. The van der Waals surface area contributed by atoms with Gasteiger partial charge in [-0.25, -0.2) is 0 Å². The fraction of sp³-hybridized carbons (Fsp3) is 0.316. The Hall–Kier alpha value is -0.680. The quantitative estimate of drug-likeness (QED) is 0.549. The molecule has 1 aromatic carbocycles. The summed E-state index contributed by atoms with van der Waals surface area (Å²) >= 11 is 13.7. The van der Waals surface area contributed by atoms with Crippen molar-refractivity contribution >= 4 is 49.0 Å². The fourth-order valence-corrected chi connectivity index (χ4v) is 4.79. The van der Waals surface area contributed by atoms with Gasteiger partial charge >= 0.3 is 0 Å². The van der Waals surface area contributed by atoms with Crippen molar-refractivity contribution in [2.24, 2.45) is 0 Å². The number of hydrogen-bond donors (Lipinski definition) is 1. The van der Waals surface area contributed by atoms with Gasteiger partial charge in [0.1, 0.15) is 0 Å². The summed E-state index contributed by atoms with van der Waals surface area (Å²) in [6, 6.07) is 6.38. The molecule has 1 fully saturated rings. The molecule has 0 amide bonds. The lowest BCUT2D eigenvalue weighted by Gasteiger charge is -2.22. The van der Waals surface area contributed by atoms with E-state index in [0.29, 0.717) is 0 Å². The van der Waals surface area contributed by atoms with Crippen molar-refractivity contribution in [1.29, 1.82) is 0 Å². The highest BCUT2D eigenvalue weighted by Gasteiger charge is 2.25. The first kappa shape index (κ1) is 16.8. The molecule has 1 aliphatic carbocycles. The van der Waals surface area contributed by atoms with Crippen LogP contribution in [0.2, 0.25) is 5.02 Å². The van der Waals surface area contributed by atoms with E-state index >= 15 is 0 Å². The lowest BCUT2D eigenvalue weighted by molar-refractivity contribution is 0.611. The van der Waals surface area contributed by atoms with Crippen LogP contribution in [0.1, 0.15) is 35.2 Å². The minimum Gasteiger partial charge on any atom is -0.316 e. The van der Waals surface area contributed by atoms with Crippen LogP contribution in [0.3, 0.4) is 0 Å². The second-order valence-corrected chi connectivity index (χ2v) is 8.39. The number of halogens is 3. The standard InChI is InChI=1S/C19H17Br2ClN2/c20-13-9-12-1-2-15-14(3-4-16(22)18(15)21)17(19(12)24-10-13)11-5-7-23-8-6-11/h3-4,9-10,23H,1-2,5-8H2. The number of rotatable bonds is 0. The average molecular weight is 469 g/mol. The molecule has 124 valence electrons. The highest BCUT2D eigenvalue weighted by atomic mass is 79.9. The third kappa shape index (κ3) is 2.98. The monoisotopic (exact) mass is 466 g/mol. The van der Waals surface area contributed by atoms with Gasteiger partial charge in [0, 0.05) is 20.7 Å². The van der Waals surface area contributed by atoms with Crippen LogP contribution in [0.4, 0.5) is 0 Å². The Morgan fingerprint density at radius 3 is 2.62 bits per heavy atom. The van der Waals surface area contributed by atoms with E-state index in [-0.39, 0.29) is 0 Å². The number of nitrogens with zero attached hydrogens (tertiary/aromatic N) is 1. The summed E-state index contributed by atoms with van der Waals surface area (Å²) in [7, 11) is 0. The molecule has 0 radical (unpaired) electrons. The minimum absolute atomic E-state index is 0.781. The lowest BCUT2D eigenvalue weighted by atomic mass is 9.89. The smallest absolute Gasteiger partial charge is 0.0740 e. The van der Waals surface area contributed by atoms with E-state index in [2.05, 4.69) is 49.3 Å². The molecule has 1 saturated heterocycles. The molecular formula is C19H17Br2ClN2. The van der Waals surface area contributed by atoms with Gasteiger partial charge in [-0.15, -0.1) is 0 Å². The predicted molar refractivity (Wildman–Crippen MR) is 107 cm³/mol. The Kier molecular flexibility index (Phi) is 4.83. The van der Waals surface area contributed by atoms with Crippen LogP contribution >= 0.6 is 43.5 Å². The van der Waals surface area contributed by atoms with Gasteiger partial charge in [0.15, 0.2) is 0 Å². The third-order valence-electron chi connectivity index (χ3n) is 4.84. The Morgan fingerprint density at radius 1 is 1.04 bits per heavy atom. The summed E-state index contributed by atoms with van der Waals surface area (Å²) in [6.45, 7) is 2.07. The van der Waals surface area contributed by atoms with Crippen LogP contribution in [0.5, 0.6) is 0 Å². The normalized spacial score (nSPS) is 17.3. The molecule has 0 bridgehead atoms. The molecule has 2 aromatic rings. The first-order valence-electron chi connectivity index (χ1n) is 8.20. The van der Waals surface area contributed by atoms with Crippen molar-refractivity contribution in [2.45, 2.75) is 25.7 Å². The minimum atomic E-state index is 0.781. The molecule has 1 aromatic heterocycles. The van der Waals surface area contributed by atoms with Crippen molar-refractivity contribution in [1.82, 2.24) is 10.3 Å². The first-order valence-corrected chi connectivity index (χ1v) is 10.2. The van der Waals surface area contributed by atoms with E-state index < -0.39 is 0 Å². The second-order valence-electron chi connectivity index (χ2n) is 6.28. The van der Waals surface area contributed by atoms with Gasteiger partial charge in [-0.2, -0.15) is 0 Å². The zero-order chi connectivity index (χ0) is 16.7. The summed E-state index contributed by atoms with van der Waals surface area (Å²) in [6.07, 6.45) is 6.01. The van der Waals surface area contributed by atoms with Crippen molar-refractivity contribution in [2.75, 3.05) is 13.1 Å². The lowest BCUT2D eigenvalue weighted by Crippen LogP contribution is -2.24. The Labute approximate surface area is 164 Å². The summed E-state index contributed by atoms with van der Waals surface area (Å²) < 4.78 is 2.07. The summed E-state index contributed by atoms with van der Waals surface area (Å²) in [4.78, 5) is 4.81. The molecule has 1 aliphatic heterocycles. The molecule has 5 heteroatoms. The highest BCUT2D eigenvalue weighted by molar-refractivity contribution is 9.10. The SMILES string of the molecule is Clc1ccc2c(c1Br)CCc1cc(Br)cnc1C2=C1CCNCC1. The summed E-state index contributed by atoms with van der Waals surface area (Å²) in [5.74, 6) is 0. The summed E-state index contributed by atoms with van der Waals surface area (Å²) in [5.41, 5.74) is 7.87. The van der Waals surface area contributed by atoms with Crippen LogP contribution in [-0.4, -0.2) is 18.1 Å². The van der Waals surface area contributed by atoms with Gasteiger partial charge in [0.25, 0.3) is 0 Å². The second kappa shape index (κ2) is 6.91. The van der Waals surface area contributed by atoms with Crippen LogP contribution in [0, 0.1) is 0 Å². The van der Waals surface area contributed by atoms with Gasteiger partial charge < -0.3 is 5.32 Å². The highest BCUT2D eigenvalue weighted by Crippen LogP contribution is 2.41. The van der Waals surface area contributed by atoms with E-state index in [0.717, 1.165) is 58.4 Å². The van der Waals surface area contributed by atoms with Crippen LogP contribution in [0.25, 0.3) is 5.57 Å². The molecular weight excluding hydrogens is 451 g/mol. The van der Waals surface area contributed by atoms with E-state index in [1.165, 1.54) is 27.8 Å². The third-order valence-corrected chi connectivity index (χ3v) is 6.72. The Bertz CT molecular complexity index is 838. The summed E-state index contributed by atoms with van der Waals surface area (Å²) in [5, 5.41) is 4.24. The number of aromatic nitrogens is 1. The number of hydrogen-bond acceptors (Lipinski definition) is 2. The molecule has 0 saturated carbocycles. The largest absolute Gasteiger partial charge is 0.316 e. The van der Waals surface area contributed by atoms with Crippen molar-refractivity contribution in [3.05, 3.63) is 66.3 Å². The fourth-order valence-electron chi connectivity index (χ4n) is 3.69. The predicted octanol–water partition coefficient (Wildman–Crippen LogP) is 5.54. The van der Waals surface area contributed by atoms with Crippen molar-refractivity contribution < 1.29 is 0 Å². The van der Waals surface area contributed by atoms with Crippen LogP contribution in [0.15, 0.2) is 38.9 Å². The number of nitrogens with one attached hydrogen (secondary N) is 1. The number of fused-ring (bicyclic) bond motifs is 2. The molecule has 2 heterocycles. The first-order chi connectivity index (χ1) is 11.6. The molecule has 0 unspecified atom stereocenters. The zero-order valence-electron chi connectivity index (χ0n) is 13.1. The topological polar surface area (TPSA) is 24.9 Å². The van der Waals surface area contributed by atoms with Gasteiger partial charge in [-0.05, 0) is 99.5 Å². The average Bonchev–Trinajstić information content (AvgIpc) is 2.76. The molecule has 1 N–H and O–H groups in total. The molecule has 4 rings (SSSR count). The molecule has 24 heavy (non-hydrogen) atoms. The number of pyridine rings is 1. The number of aryl methyl sites for hydroxylation is 1. The number of piperidine rings is 1. The van der Waals surface area contributed by atoms with Gasteiger partial charge in [-0.3, -0.25) is 4.98 Å². The van der Waals surface area contributed by atoms with Crippen molar-refractivity contribution in [3.8, 4) is 0 Å². The van der Waals surface area contributed by atoms with Crippen LogP contribution in [-0.2, 0) is 12.8 Å². The Morgan fingerprint density at radius 2 is 1.83 bits per heavy atom. The van der Waals surface area contributed by atoms with Gasteiger partial charge in [0.05, 0.1) is 10.7 Å². The molecule has 2 nitrogen and oxygen atoms in total. The van der Waals surface area contributed by atoms with E-state index in [1.54, 1.807) is 0 Å². The van der Waals surface area contributed by atoms with Gasteiger partial charge in [0.2, 0.25) is 0 Å². The van der Waals surface area contributed by atoms with E-state index in [1.807, 2.05) is 12.3 Å². The molecule has 0 spiro atoms. The molecule has 2 aliphatic rings. The van der Waals surface area contributed by atoms with Gasteiger partial charge in [-0.1, -0.05) is 23.2 Å². The molecule has 0 atom stereocenters.